The molecule has 134 valence electrons. The molecule has 1 unspecified atom stereocenters. The molecule has 1 aliphatic rings. The lowest BCUT2D eigenvalue weighted by molar-refractivity contribution is -0.141. The van der Waals surface area contributed by atoms with Gasteiger partial charge >= 0.3 is 0 Å². The predicted molar refractivity (Wildman–Crippen MR) is 91.8 cm³/mol. The van der Waals surface area contributed by atoms with E-state index in [4.69, 9.17) is 16.7 Å². The second kappa shape index (κ2) is 7.11. The summed E-state index contributed by atoms with van der Waals surface area (Å²) in [5.41, 5.74) is -1.75. The summed E-state index contributed by atoms with van der Waals surface area (Å²) in [6, 6.07) is 6.87. The van der Waals surface area contributed by atoms with E-state index in [1.165, 1.54) is 17.3 Å². The van der Waals surface area contributed by atoms with Gasteiger partial charge in [-0.25, -0.2) is 9.67 Å². The van der Waals surface area contributed by atoms with Crippen molar-refractivity contribution in [2.75, 3.05) is 13.2 Å². The van der Waals surface area contributed by atoms with Crippen molar-refractivity contribution in [2.24, 2.45) is 5.41 Å². The quantitative estimate of drug-likeness (QED) is 0.609. The fraction of sp³-hybridized carbons (Fsp3) is 0.471. The fourth-order valence-electron chi connectivity index (χ4n) is 3.20. The lowest BCUT2D eigenvalue weighted by Gasteiger charge is -2.36. The first kappa shape index (κ1) is 17.8. The third-order valence-electron chi connectivity index (χ3n) is 4.78. The highest BCUT2D eigenvalue weighted by Crippen LogP contribution is 2.59. The van der Waals surface area contributed by atoms with Crippen LogP contribution in [0.2, 0.25) is 5.02 Å². The second-order valence-corrected chi connectivity index (χ2v) is 6.81. The molecule has 3 N–H and O–H groups in total. The van der Waals surface area contributed by atoms with E-state index < -0.39 is 11.0 Å². The first-order chi connectivity index (χ1) is 12.0. The van der Waals surface area contributed by atoms with Gasteiger partial charge in [0.15, 0.2) is 0 Å². The van der Waals surface area contributed by atoms with Crippen LogP contribution < -0.4 is 5.32 Å². The third kappa shape index (κ3) is 3.40. The van der Waals surface area contributed by atoms with Gasteiger partial charge in [-0.3, -0.25) is 4.79 Å². The van der Waals surface area contributed by atoms with E-state index >= 15 is 0 Å². The number of carbonyl (C=O) groups is 1. The van der Waals surface area contributed by atoms with E-state index in [0.717, 1.165) is 0 Å². The Bertz CT molecular complexity index is 716. The van der Waals surface area contributed by atoms with Gasteiger partial charge in [-0.15, -0.1) is 0 Å². The van der Waals surface area contributed by atoms with Crippen molar-refractivity contribution in [3.05, 3.63) is 47.5 Å². The number of nitrogens with zero attached hydrogens (tertiary/aromatic N) is 3. The zero-order valence-corrected chi connectivity index (χ0v) is 14.5. The average Bonchev–Trinajstić information content (AvgIpc) is 3.28. The molecule has 0 saturated heterocycles. The van der Waals surface area contributed by atoms with Gasteiger partial charge in [0.25, 0.3) is 0 Å². The number of halogens is 1. The first-order valence-corrected chi connectivity index (χ1v) is 8.60. The van der Waals surface area contributed by atoms with Crippen LogP contribution in [0.1, 0.15) is 24.8 Å². The monoisotopic (exact) mass is 364 g/mol. The molecule has 1 heterocycles. The lowest BCUT2D eigenvalue weighted by atomic mass is 9.77. The van der Waals surface area contributed by atoms with E-state index in [2.05, 4.69) is 15.4 Å². The van der Waals surface area contributed by atoms with Crippen LogP contribution in [0.15, 0.2) is 36.9 Å². The molecule has 0 bridgehead atoms. The van der Waals surface area contributed by atoms with Crippen molar-refractivity contribution < 1.29 is 15.0 Å². The Labute approximate surface area is 150 Å². The zero-order chi connectivity index (χ0) is 17.9. The number of rotatable bonds is 8. The van der Waals surface area contributed by atoms with Crippen LogP contribution in [-0.2, 0) is 16.9 Å². The largest absolute Gasteiger partial charge is 0.396 e. The smallest absolute Gasteiger partial charge is 0.229 e. The van der Waals surface area contributed by atoms with Crippen molar-refractivity contribution in [1.82, 2.24) is 20.1 Å². The van der Waals surface area contributed by atoms with E-state index in [1.807, 2.05) is 0 Å². The maximum absolute atomic E-state index is 12.8. The van der Waals surface area contributed by atoms with Crippen LogP contribution in [0.4, 0.5) is 0 Å². The van der Waals surface area contributed by atoms with E-state index in [9.17, 15) is 9.90 Å². The Hall–Kier alpha value is -1.96. The first-order valence-electron chi connectivity index (χ1n) is 8.22. The average molecular weight is 365 g/mol. The molecule has 1 aromatic carbocycles. The standard InChI is InChI=1S/C17H21ClN4O3/c18-14-4-2-13(3-5-14)17(25,10-22-12-19-11-21-22)16(6-7-16)15(24)20-8-1-9-23/h2-5,11-12,23,25H,1,6-10H2,(H,20,24). The van der Waals surface area contributed by atoms with Gasteiger partial charge in [0.1, 0.15) is 18.3 Å². The van der Waals surface area contributed by atoms with Gasteiger partial charge in [-0.1, -0.05) is 23.7 Å². The van der Waals surface area contributed by atoms with Gasteiger partial charge in [-0.2, -0.15) is 5.10 Å². The number of carbonyl (C=O) groups excluding carboxylic acids is 1. The molecule has 1 amide bonds. The highest BCUT2D eigenvalue weighted by molar-refractivity contribution is 6.30. The number of benzene rings is 1. The summed E-state index contributed by atoms with van der Waals surface area (Å²) in [4.78, 5) is 16.7. The molecule has 0 radical (unpaired) electrons. The number of aliphatic hydroxyl groups is 2. The van der Waals surface area contributed by atoms with Crippen LogP contribution in [0.25, 0.3) is 0 Å². The number of hydrogen-bond acceptors (Lipinski definition) is 5. The highest BCUT2D eigenvalue weighted by atomic mass is 35.5. The molecule has 3 rings (SSSR count). The normalized spacial score (nSPS) is 17.7. The Morgan fingerprint density at radius 1 is 1.36 bits per heavy atom. The van der Waals surface area contributed by atoms with Gasteiger partial charge in [0.05, 0.1) is 12.0 Å². The van der Waals surface area contributed by atoms with Crippen molar-refractivity contribution in [1.29, 1.82) is 0 Å². The number of amides is 1. The summed E-state index contributed by atoms with van der Waals surface area (Å²) in [5, 5.41) is 28.0. The van der Waals surface area contributed by atoms with Crippen LogP contribution in [0.5, 0.6) is 0 Å². The van der Waals surface area contributed by atoms with Gasteiger partial charge in [-0.05, 0) is 37.0 Å². The number of hydrogen-bond donors (Lipinski definition) is 3. The summed E-state index contributed by atoms with van der Waals surface area (Å²) >= 11 is 5.97. The molecule has 1 saturated carbocycles. The SMILES string of the molecule is O=C(NCCCO)C1(C(O)(Cn2cncn2)c2ccc(Cl)cc2)CC1. The number of aromatic nitrogens is 3. The Balaban J connectivity index is 1.93. The maximum atomic E-state index is 12.8. The molecule has 25 heavy (non-hydrogen) atoms. The van der Waals surface area contributed by atoms with Crippen molar-refractivity contribution in [3.63, 3.8) is 0 Å². The summed E-state index contributed by atoms with van der Waals surface area (Å²) in [6.07, 6.45) is 4.53. The molecule has 1 fully saturated rings. The molecule has 1 aromatic heterocycles. The molecular formula is C17H21ClN4O3. The van der Waals surface area contributed by atoms with E-state index in [0.29, 0.717) is 36.4 Å². The Kier molecular flexibility index (Phi) is 5.08. The molecule has 1 atom stereocenters. The van der Waals surface area contributed by atoms with Gasteiger partial charge in [0.2, 0.25) is 5.91 Å². The number of nitrogens with one attached hydrogen (secondary N) is 1. The highest BCUT2D eigenvalue weighted by Gasteiger charge is 2.64. The molecule has 0 spiro atoms. The minimum absolute atomic E-state index is 0.00763. The summed E-state index contributed by atoms with van der Waals surface area (Å²) < 4.78 is 1.52. The fourth-order valence-corrected chi connectivity index (χ4v) is 3.32. The molecule has 2 aromatic rings. The van der Waals surface area contributed by atoms with Crippen LogP contribution >= 0.6 is 11.6 Å². The molecular weight excluding hydrogens is 344 g/mol. The van der Waals surface area contributed by atoms with Crippen LogP contribution in [-0.4, -0.2) is 44.0 Å². The third-order valence-corrected chi connectivity index (χ3v) is 5.03. The summed E-state index contributed by atoms with van der Waals surface area (Å²) in [5.74, 6) is -0.210. The van der Waals surface area contributed by atoms with Crippen molar-refractivity contribution in [3.8, 4) is 0 Å². The van der Waals surface area contributed by atoms with Gasteiger partial charge in [0, 0.05) is 18.2 Å². The minimum Gasteiger partial charge on any atom is -0.396 e. The molecule has 1 aliphatic carbocycles. The van der Waals surface area contributed by atoms with E-state index in [-0.39, 0.29) is 19.1 Å². The van der Waals surface area contributed by atoms with Crippen molar-refractivity contribution >= 4 is 17.5 Å². The Morgan fingerprint density at radius 3 is 2.64 bits per heavy atom. The summed E-state index contributed by atoms with van der Waals surface area (Å²) in [6.45, 7) is 0.493. The zero-order valence-electron chi connectivity index (χ0n) is 13.7. The van der Waals surface area contributed by atoms with Gasteiger partial charge < -0.3 is 15.5 Å². The second-order valence-electron chi connectivity index (χ2n) is 6.38. The topological polar surface area (TPSA) is 100 Å². The van der Waals surface area contributed by atoms with Crippen LogP contribution in [0.3, 0.4) is 0 Å². The van der Waals surface area contributed by atoms with E-state index in [1.54, 1.807) is 24.3 Å². The lowest BCUT2D eigenvalue weighted by Crippen LogP contribution is -2.49. The molecule has 8 heteroatoms. The minimum atomic E-state index is -1.44. The van der Waals surface area contributed by atoms with Crippen molar-refractivity contribution in [2.45, 2.75) is 31.4 Å². The maximum Gasteiger partial charge on any atom is 0.229 e. The molecule has 7 nitrogen and oxygen atoms in total. The summed E-state index contributed by atoms with van der Waals surface area (Å²) in [7, 11) is 0. The predicted octanol–water partition coefficient (Wildman–Crippen LogP) is 1.10. The number of aliphatic hydroxyl groups excluding tert-OH is 1. The van der Waals surface area contributed by atoms with Crippen LogP contribution in [0, 0.1) is 5.41 Å². The molecule has 0 aliphatic heterocycles. The Morgan fingerprint density at radius 2 is 2.08 bits per heavy atom.